The Balaban J connectivity index is 1.80. The van der Waals surface area contributed by atoms with Crippen molar-refractivity contribution in [2.75, 3.05) is 25.5 Å². The molecule has 0 bridgehead atoms. The second-order valence-electron chi connectivity index (χ2n) is 8.11. The minimum Gasteiger partial charge on any atom is -0.494 e. The monoisotopic (exact) mass is 407 g/mol. The van der Waals surface area contributed by atoms with E-state index in [0.29, 0.717) is 12.3 Å². The number of rotatable bonds is 7. The van der Waals surface area contributed by atoms with E-state index in [1.165, 1.54) is 0 Å². The van der Waals surface area contributed by atoms with Crippen LogP contribution >= 0.6 is 0 Å². The van der Waals surface area contributed by atoms with Crippen LogP contribution in [0, 0.1) is 0 Å². The van der Waals surface area contributed by atoms with E-state index in [4.69, 9.17) is 9.72 Å². The average Bonchev–Trinajstić information content (AvgIpc) is 2.79. The standard InChI is InChI=1S/C25H30FN3O/c1-3-4-12-28-23-15-22(18-6-5-11-27-16-18)29-25-21(23)13-19(14-24(25)30-2)17-7-9-20(26)10-8-17/h7,9-11,13-15,17-18H,3-6,8,12,16H2,1-2H3,(H,28,29). The summed E-state index contributed by atoms with van der Waals surface area (Å²) in [5.74, 6) is 1.08. The van der Waals surface area contributed by atoms with Gasteiger partial charge in [-0.15, -0.1) is 0 Å². The predicted octanol–water partition coefficient (Wildman–Crippen LogP) is 6.30. The third kappa shape index (κ3) is 4.40. The number of hydrogen-bond acceptors (Lipinski definition) is 4. The van der Waals surface area contributed by atoms with Gasteiger partial charge in [0.05, 0.1) is 7.11 Å². The molecule has 1 aliphatic carbocycles. The summed E-state index contributed by atoms with van der Waals surface area (Å²) in [6, 6.07) is 6.44. The topological polar surface area (TPSA) is 46.5 Å². The van der Waals surface area contributed by atoms with Crippen LogP contribution in [-0.2, 0) is 0 Å². The van der Waals surface area contributed by atoms with Crippen molar-refractivity contribution in [3.8, 4) is 5.75 Å². The highest BCUT2D eigenvalue weighted by molar-refractivity contribution is 5.96. The fourth-order valence-corrected chi connectivity index (χ4v) is 4.20. The smallest absolute Gasteiger partial charge is 0.145 e. The molecule has 0 saturated carbocycles. The van der Waals surface area contributed by atoms with Gasteiger partial charge in [0.25, 0.3) is 0 Å². The first-order chi connectivity index (χ1) is 14.7. The van der Waals surface area contributed by atoms with Gasteiger partial charge in [-0.25, -0.2) is 9.37 Å². The number of pyridine rings is 1. The minimum atomic E-state index is -0.164. The number of aliphatic imine (C=N–C) groups is 1. The van der Waals surface area contributed by atoms with Gasteiger partial charge in [0.1, 0.15) is 17.1 Å². The van der Waals surface area contributed by atoms with Crippen molar-refractivity contribution in [1.82, 2.24) is 4.98 Å². The Hall–Kier alpha value is -2.69. The molecular formula is C25H30FN3O. The lowest BCUT2D eigenvalue weighted by molar-refractivity contribution is 0.418. The normalized spacial score (nSPS) is 21.0. The zero-order valence-corrected chi connectivity index (χ0v) is 17.8. The fraction of sp³-hybridized carbons (Fsp3) is 0.440. The molecule has 4 nitrogen and oxygen atoms in total. The van der Waals surface area contributed by atoms with Crippen LogP contribution in [0.15, 0.2) is 47.2 Å². The lowest BCUT2D eigenvalue weighted by Crippen LogP contribution is -2.12. The first kappa shape index (κ1) is 20.6. The van der Waals surface area contributed by atoms with Gasteiger partial charge < -0.3 is 10.1 Å². The van der Waals surface area contributed by atoms with Crippen LogP contribution in [0.1, 0.15) is 62.1 Å². The Bertz CT molecular complexity index is 996. The first-order valence-electron chi connectivity index (χ1n) is 11.0. The van der Waals surface area contributed by atoms with Gasteiger partial charge in [0, 0.05) is 41.7 Å². The number of aromatic nitrogens is 1. The molecule has 1 aliphatic heterocycles. The molecule has 158 valence electrons. The highest BCUT2D eigenvalue weighted by Crippen LogP contribution is 2.38. The summed E-state index contributed by atoms with van der Waals surface area (Å²) < 4.78 is 19.2. The van der Waals surface area contributed by atoms with Crippen molar-refractivity contribution in [1.29, 1.82) is 0 Å². The molecule has 1 aromatic carbocycles. The third-order valence-electron chi connectivity index (χ3n) is 5.99. The number of unbranched alkanes of at least 4 members (excludes halogenated alkanes) is 1. The fourth-order valence-electron chi connectivity index (χ4n) is 4.20. The van der Waals surface area contributed by atoms with Gasteiger partial charge in [-0.1, -0.05) is 19.4 Å². The number of allylic oxidation sites excluding steroid dienone is 4. The maximum Gasteiger partial charge on any atom is 0.145 e. The van der Waals surface area contributed by atoms with Crippen LogP contribution in [0.4, 0.5) is 10.1 Å². The van der Waals surface area contributed by atoms with Crippen molar-refractivity contribution in [3.63, 3.8) is 0 Å². The second kappa shape index (κ2) is 9.41. The number of benzene rings is 1. The molecule has 4 rings (SSSR count). The van der Waals surface area contributed by atoms with E-state index in [0.717, 1.165) is 72.4 Å². The summed E-state index contributed by atoms with van der Waals surface area (Å²) >= 11 is 0. The molecule has 0 spiro atoms. The molecule has 0 fully saturated rings. The van der Waals surface area contributed by atoms with Crippen LogP contribution in [0.3, 0.4) is 0 Å². The highest BCUT2D eigenvalue weighted by atomic mass is 19.1. The van der Waals surface area contributed by atoms with Crippen molar-refractivity contribution < 1.29 is 9.13 Å². The van der Waals surface area contributed by atoms with E-state index in [-0.39, 0.29) is 11.7 Å². The lowest BCUT2D eigenvalue weighted by atomic mass is 9.90. The van der Waals surface area contributed by atoms with E-state index in [9.17, 15) is 4.39 Å². The van der Waals surface area contributed by atoms with E-state index < -0.39 is 0 Å². The number of nitrogens with one attached hydrogen (secondary N) is 1. The molecule has 0 saturated heterocycles. The predicted molar refractivity (Wildman–Crippen MR) is 123 cm³/mol. The summed E-state index contributed by atoms with van der Waals surface area (Å²) in [6.45, 7) is 3.90. The number of hydrogen-bond donors (Lipinski definition) is 1. The molecule has 2 unspecified atom stereocenters. The van der Waals surface area contributed by atoms with E-state index in [1.807, 2.05) is 12.3 Å². The first-order valence-corrected chi connectivity index (χ1v) is 11.0. The van der Waals surface area contributed by atoms with Crippen LogP contribution in [0.25, 0.3) is 10.9 Å². The Morgan fingerprint density at radius 1 is 1.27 bits per heavy atom. The maximum absolute atomic E-state index is 13.4. The molecule has 5 heteroatoms. The molecule has 2 aliphatic rings. The van der Waals surface area contributed by atoms with Gasteiger partial charge in [-0.3, -0.25) is 4.99 Å². The Labute approximate surface area is 178 Å². The van der Waals surface area contributed by atoms with Crippen LogP contribution in [-0.4, -0.2) is 31.4 Å². The molecular weight excluding hydrogens is 377 g/mol. The van der Waals surface area contributed by atoms with E-state index in [1.54, 1.807) is 19.3 Å². The number of fused-ring (bicyclic) bond motifs is 1. The average molecular weight is 408 g/mol. The summed E-state index contributed by atoms with van der Waals surface area (Å²) in [5.41, 5.74) is 4.18. The molecule has 0 radical (unpaired) electrons. The van der Waals surface area contributed by atoms with Crippen molar-refractivity contribution in [2.45, 2.75) is 50.9 Å². The lowest BCUT2D eigenvalue weighted by Gasteiger charge is -2.22. The molecule has 2 heterocycles. The van der Waals surface area contributed by atoms with Gasteiger partial charge in [-0.2, -0.15) is 0 Å². The van der Waals surface area contributed by atoms with Crippen LogP contribution in [0.5, 0.6) is 5.75 Å². The number of halogens is 1. The van der Waals surface area contributed by atoms with Gasteiger partial charge >= 0.3 is 0 Å². The zero-order valence-electron chi connectivity index (χ0n) is 17.8. The largest absolute Gasteiger partial charge is 0.494 e. The van der Waals surface area contributed by atoms with Crippen LogP contribution < -0.4 is 10.1 Å². The molecule has 1 aromatic heterocycles. The SMILES string of the molecule is CCCCNc1cc(C2CCC=NC2)nc2c(OC)cc(C3C=CC(F)=CC3)cc12. The summed E-state index contributed by atoms with van der Waals surface area (Å²) in [5, 5.41) is 4.69. The number of methoxy groups -OCH3 is 1. The van der Waals surface area contributed by atoms with Gasteiger partial charge in [0.15, 0.2) is 0 Å². The second-order valence-corrected chi connectivity index (χ2v) is 8.11. The Kier molecular flexibility index (Phi) is 6.46. The molecule has 0 amide bonds. The van der Waals surface area contributed by atoms with Gasteiger partial charge in [-0.05, 0) is 67.8 Å². The van der Waals surface area contributed by atoms with E-state index >= 15 is 0 Å². The van der Waals surface area contributed by atoms with Crippen molar-refractivity contribution in [3.05, 3.63) is 53.5 Å². The molecule has 30 heavy (non-hydrogen) atoms. The maximum atomic E-state index is 13.4. The number of ether oxygens (including phenoxy) is 1. The quantitative estimate of drug-likeness (QED) is 0.548. The third-order valence-corrected chi connectivity index (χ3v) is 5.99. The van der Waals surface area contributed by atoms with Crippen molar-refractivity contribution in [2.24, 2.45) is 4.99 Å². The molecule has 2 aromatic rings. The molecule has 1 N–H and O–H groups in total. The number of nitrogens with zero attached hydrogens (tertiary/aromatic N) is 2. The summed E-state index contributed by atoms with van der Waals surface area (Å²) in [7, 11) is 1.69. The number of anilines is 1. The summed E-state index contributed by atoms with van der Waals surface area (Å²) in [4.78, 5) is 9.51. The molecule has 2 atom stereocenters. The summed E-state index contributed by atoms with van der Waals surface area (Å²) in [6.07, 6.45) is 12.1. The van der Waals surface area contributed by atoms with Crippen LogP contribution in [0.2, 0.25) is 0 Å². The van der Waals surface area contributed by atoms with E-state index in [2.05, 4.69) is 35.4 Å². The minimum absolute atomic E-state index is 0.138. The van der Waals surface area contributed by atoms with Crippen molar-refractivity contribution >= 4 is 22.8 Å². The Morgan fingerprint density at radius 2 is 2.17 bits per heavy atom. The Morgan fingerprint density at radius 3 is 2.87 bits per heavy atom. The zero-order chi connectivity index (χ0) is 20.9. The van der Waals surface area contributed by atoms with Gasteiger partial charge in [0.2, 0.25) is 0 Å². The highest BCUT2D eigenvalue weighted by Gasteiger charge is 2.21.